The van der Waals surface area contributed by atoms with Crippen LogP contribution in [0.2, 0.25) is 0 Å². The average Bonchev–Trinajstić information content (AvgIpc) is 3.58. The van der Waals surface area contributed by atoms with Crippen LogP contribution < -0.4 is 0 Å². The highest BCUT2D eigenvalue weighted by molar-refractivity contribution is 5.96. The standard InChI is InChI=1S/C33H29FN6/c1-21-4-3-15-39(21)20-26-6-5-25(16-30(26)34)29-18-33-37-19-32(40(33)38-22(29)2)28-11-14-36-31-17-24(7-8-27(28)31)23-9-12-35-13-10-23/h5-14,16-19,21H,3-4,15,20H2,1-2H3/t21-/m1/s1. The van der Waals surface area contributed by atoms with Gasteiger partial charge >= 0.3 is 0 Å². The third-order valence-corrected chi connectivity index (χ3v) is 8.14. The molecule has 0 spiro atoms. The van der Waals surface area contributed by atoms with Crippen LogP contribution in [-0.2, 0) is 6.54 Å². The van der Waals surface area contributed by atoms with E-state index >= 15 is 4.39 Å². The highest BCUT2D eigenvalue weighted by atomic mass is 19.1. The summed E-state index contributed by atoms with van der Waals surface area (Å²) in [4.78, 5) is 15.8. The van der Waals surface area contributed by atoms with Crippen molar-refractivity contribution in [1.29, 1.82) is 0 Å². The van der Waals surface area contributed by atoms with Gasteiger partial charge in [0, 0.05) is 53.3 Å². The van der Waals surface area contributed by atoms with Gasteiger partial charge in [-0.3, -0.25) is 14.9 Å². The lowest BCUT2D eigenvalue weighted by atomic mass is 10.0. The number of halogens is 1. The molecule has 6 aromatic rings. The van der Waals surface area contributed by atoms with Gasteiger partial charge in [0.2, 0.25) is 0 Å². The van der Waals surface area contributed by atoms with Crippen molar-refractivity contribution in [2.75, 3.05) is 6.54 Å². The van der Waals surface area contributed by atoms with Crippen LogP contribution in [0.1, 0.15) is 31.0 Å². The second kappa shape index (κ2) is 9.92. The van der Waals surface area contributed by atoms with Crippen LogP contribution in [-0.4, -0.2) is 42.1 Å². The average molecular weight is 529 g/mol. The van der Waals surface area contributed by atoms with Gasteiger partial charge in [-0.1, -0.05) is 24.3 Å². The van der Waals surface area contributed by atoms with Crippen molar-refractivity contribution in [1.82, 2.24) is 29.5 Å². The van der Waals surface area contributed by atoms with Gasteiger partial charge in [-0.2, -0.15) is 5.10 Å². The minimum absolute atomic E-state index is 0.172. The molecule has 1 atom stereocenters. The number of likely N-dealkylation sites (tertiary alicyclic amines) is 1. The fourth-order valence-electron chi connectivity index (χ4n) is 5.86. The predicted octanol–water partition coefficient (Wildman–Crippen LogP) is 7.11. The van der Waals surface area contributed by atoms with Crippen molar-refractivity contribution < 1.29 is 4.39 Å². The first-order valence-corrected chi connectivity index (χ1v) is 13.7. The summed E-state index contributed by atoms with van der Waals surface area (Å²) in [7, 11) is 0. The molecule has 0 amide bonds. The third kappa shape index (κ3) is 4.32. The summed E-state index contributed by atoms with van der Waals surface area (Å²) >= 11 is 0. The summed E-state index contributed by atoms with van der Waals surface area (Å²) in [6, 6.07) is 20.3. The molecule has 40 heavy (non-hydrogen) atoms. The third-order valence-electron chi connectivity index (χ3n) is 8.14. The Labute approximate surface area is 232 Å². The molecule has 0 unspecified atom stereocenters. The summed E-state index contributed by atoms with van der Waals surface area (Å²) in [5, 5.41) is 5.93. The monoisotopic (exact) mass is 528 g/mol. The molecule has 198 valence electrons. The van der Waals surface area contributed by atoms with Crippen LogP contribution in [0.25, 0.3) is 50.1 Å². The van der Waals surface area contributed by atoms with E-state index in [1.807, 2.05) is 60.2 Å². The number of nitrogens with zero attached hydrogens (tertiary/aromatic N) is 6. The smallest absolute Gasteiger partial charge is 0.154 e. The zero-order chi connectivity index (χ0) is 27.2. The zero-order valence-electron chi connectivity index (χ0n) is 22.5. The fraction of sp³-hybridized carbons (Fsp3) is 0.212. The van der Waals surface area contributed by atoms with Crippen LogP contribution in [0.4, 0.5) is 4.39 Å². The highest BCUT2D eigenvalue weighted by Gasteiger charge is 2.22. The fourth-order valence-corrected chi connectivity index (χ4v) is 5.86. The maximum Gasteiger partial charge on any atom is 0.154 e. The van der Waals surface area contributed by atoms with Crippen molar-refractivity contribution in [3.05, 3.63) is 103 Å². The number of benzene rings is 2. The van der Waals surface area contributed by atoms with E-state index in [2.05, 4.69) is 45.0 Å². The van der Waals surface area contributed by atoms with E-state index in [9.17, 15) is 0 Å². The van der Waals surface area contributed by atoms with E-state index in [1.165, 1.54) is 12.8 Å². The first-order chi connectivity index (χ1) is 19.5. The largest absolute Gasteiger partial charge is 0.296 e. The molecular weight excluding hydrogens is 499 g/mol. The molecule has 1 saturated heterocycles. The molecule has 5 heterocycles. The quantitative estimate of drug-likeness (QED) is 0.239. The molecule has 0 radical (unpaired) electrons. The molecule has 4 aromatic heterocycles. The van der Waals surface area contributed by atoms with Crippen molar-refractivity contribution in [2.24, 2.45) is 0 Å². The summed E-state index contributed by atoms with van der Waals surface area (Å²) in [6.07, 6.45) is 9.61. The number of pyridine rings is 2. The van der Waals surface area contributed by atoms with Crippen molar-refractivity contribution in [3.63, 3.8) is 0 Å². The Hall–Kier alpha value is -4.49. The van der Waals surface area contributed by atoms with Gasteiger partial charge in [0.15, 0.2) is 5.65 Å². The molecule has 1 aliphatic rings. The van der Waals surface area contributed by atoms with E-state index < -0.39 is 0 Å². The summed E-state index contributed by atoms with van der Waals surface area (Å²) in [6.45, 7) is 5.86. The molecule has 1 aliphatic heterocycles. The topological polar surface area (TPSA) is 59.2 Å². The first-order valence-electron chi connectivity index (χ1n) is 13.7. The Morgan fingerprint density at radius 1 is 0.875 bits per heavy atom. The Kier molecular flexibility index (Phi) is 6.09. The lowest BCUT2D eigenvalue weighted by Crippen LogP contribution is -2.26. The van der Waals surface area contributed by atoms with Gasteiger partial charge in [0.1, 0.15) is 5.82 Å². The van der Waals surface area contributed by atoms with Crippen LogP contribution in [0.3, 0.4) is 0 Å². The maximum atomic E-state index is 15.2. The highest BCUT2D eigenvalue weighted by Crippen LogP contribution is 2.33. The van der Waals surface area contributed by atoms with Gasteiger partial charge in [-0.25, -0.2) is 13.9 Å². The number of imidazole rings is 1. The normalized spacial score (nSPS) is 15.8. The first kappa shape index (κ1) is 24.5. The maximum absolute atomic E-state index is 15.2. The lowest BCUT2D eigenvalue weighted by Gasteiger charge is -2.21. The van der Waals surface area contributed by atoms with Crippen LogP contribution >= 0.6 is 0 Å². The van der Waals surface area contributed by atoms with E-state index in [-0.39, 0.29) is 5.82 Å². The minimum Gasteiger partial charge on any atom is -0.296 e. The van der Waals surface area contributed by atoms with E-state index in [4.69, 9.17) is 5.10 Å². The van der Waals surface area contributed by atoms with Crippen LogP contribution in [0.5, 0.6) is 0 Å². The Bertz CT molecular complexity index is 1860. The zero-order valence-corrected chi connectivity index (χ0v) is 22.5. The van der Waals surface area contributed by atoms with Crippen molar-refractivity contribution in [2.45, 2.75) is 39.3 Å². The number of aromatic nitrogens is 5. The minimum atomic E-state index is -0.172. The van der Waals surface area contributed by atoms with E-state index in [0.29, 0.717) is 18.2 Å². The molecule has 2 aromatic carbocycles. The number of rotatable bonds is 5. The molecule has 0 N–H and O–H groups in total. The van der Waals surface area contributed by atoms with Gasteiger partial charge in [-0.05, 0) is 86.3 Å². The van der Waals surface area contributed by atoms with E-state index in [1.54, 1.807) is 18.5 Å². The summed E-state index contributed by atoms with van der Waals surface area (Å²) in [5.74, 6) is -0.172. The number of aryl methyl sites for hydroxylation is 1. The lowest BCUT2D eigenvalue weighted by molar-refractivity contribution is 0.257. The van der Waals surface area contributed by atoms with Crippen LogP contribution in [0, 0.1) is 12.7 Å². The Balaban J connectivity index is 1.24. The van der Waals surface area contributed by atoms with Gasteiger partial charge < -0.3 is 0 Å². The van der Waals surface area contributed by atoms with Gasteiger partial charge in [0.05, 0.1) is 23.1 Å². The Morgan fingerprint density at radius 2 is 1.73 bits per heavy atom. The molecule has 0 bridgehead atoms. The number of hydrogen-bond donors (Lipinski definition) is 0. The molecule has 7 heteroatoms. The van der Waals surface area contributed by atoms with Gasteiger partial charge in [-0.15, -0.1) is 0 Å². The van der Waals surface area contributed by atoms with Gasteiger partial charge in [0.25, 0.3) is 0 Å². The predicted molar refractivity (Wildman–Crippen MR) is 156 cm³/mol. The second-order valence-corrected chi connectivity index (χ2v) is 10.7. The summed E-state index contributed by atoms with van der Waals surface area (Å²) in [5.41, 5.74) is 8.92. The second-order valence-electron chi connectivity index (χ2n) is 10.7. The molecule has 1 fully saturated rings. The van der Waals surface area contributed by atoms with Crippen molar-refractivity contribution in [3.8, 4) is 33.5 Å². The molecule has 7 rings (SSSR count). The number of hydrogen-bond acceptors (Lipinski definition) is 5. The van der Waals surface area contributed by atoms with E-state index in [0.717, 1.165) is 62.2 Å². The molecule has 6 nitrogen and oxygen atoms in total. The van der Waals surface area contributed by atoms with Crippen molar-refractivity contribution >= 4 is 16.6 Å². The molecule has 0 saturated carbocycles. The SMILES string of the molecule is Cc1nn2c(-c3ccnc4cc(-c5ccncc5)ccc34)cnc2cc1-c1ccc(CN2CCC[C@H]2C)c(F)c1. The number of fused-ring (bicyclic) bond motifs is 2. The summed E-state index contributed by atoms with van der Waals surface area (Å²) < 4.78 is 17.1. The Morgan fingerprint density at radius 3 is 2.52 bits per heavy atom. The molecule has 0 aliphatic carbocycles. The van der Waals surface area contributed by atoms with Crippen LogP contribution in [0.15, 0.2) is 85.5 Å². The molecular formula is C33H29FN6.